The number of halogens is 1. The van der Waals surface area contributed by atoms with Gasteiger partial charge in [0.2, 0.25) is 0 Å². The van der Waals surface area contributed by atoms with Crippen LogP contribution in [-0.4, -0.2) is 60.9 Å². The molecule has 1 aromatic heterocycles. The summed E-state index contributed by atoms with van der Waals surface area (Å²) in [4.78, 5) is 36.4. The van der Waals surface area contributed by atoms with Gasteiger partial charge >= 0.3 is 6.03 Å². The molecule has 0 aliphatic carbocycles. The maximum absolute atomic E-state index is 13.9. The largest absolute Gasteiger partial charge is 0.495 e. The number of nitrogens with one attached hydrogen (secondary N) is 1. The molecule has 0 spiro atoms. The van der Waals surface area contributed by atoms with Crippen LogP contribution >= 0.6 is 0 Å². The van der Waals surface area contributed by atoms with Crippen LogP contribution in [0.25, 0.3) is 10.9 Å². The molecule has 0 radical (unpaired) electrons. The molecule has 1 atom stereocenters. The Morgan fingerprint density at radius 3 is 2.38 bits per heavy atom. The fourth-order valence-electron chi connectivity index (χ4n) is 4.84. The zero-order chi connectivity index (χ0) is 27.5. The Kier molecular flexibility index (Phi) is 7.47. The molecule has 202 valence electrons. The van der Waals surface area contributed by atoms with Gasteiger partial charge in [-0.3, -0.25) is 9.69 Å². The highest BCUT2D eigenvalue weighted by Gasteiger charge is 2.32. The predicted octanol–water partition coefficient (Wildman–Crippen LogP) is 4.23. The molecule has 2 amide bonds. The Hall–Kier alpha value is -4.44. The van der Waals surface area contributed by atoms with E-state index in [0.29, 0.717) is 46.9 Å². The van der Waals surface area contributed by atoms with Crippen LogP contribution in [-0.2, 0) is 0 Å². The van der Waals surface area contributed by atoms with E-state index >= 15 is 0 Å². The number of rotatable bonds is 6. The molecule has 1 aliphatic rings. The number of carbonyl (C=O) groups is 1. The summed E-state index contributed by atoms with van der Waals surface area (Å²) >= 11 is 0. The van der Waals surface area contributed by atoms with E-state index in [0.717, 1.165) is 13.1 Å². The van der Waals surface area contributed by atoms with Crippen molar-refractivity contribution in [3.8, 4) is 5.75 Å². The van der Waals surface area contributed by atoms with Gasteiger partial charge in [0.1, 0.15) is 11.6 Å². The second-order valence-corrected chi connectivity index (χ2v) is 9.52. The van der Waals surface area contributed by atoms with Crippen molar-refractivity contribution < 1.29 is 13.9 Å². The number of para-hydroxylation sites is 3. The Bertz CT molecular complexity index is 1530. The van der Waals surface area contributed by atoms with Crippen molar-refractivity contribution in [1.82, 2.24) is 14.6 Å². The lowest BCUT2D eigenvalue weighted by molar-refractivity contribution is 0.253. The zero-order valence-electron chi connectivity index (χ0n) is 22.2. The molecule has 39 heavy (non-hydrogen) atoms. The molecule has 1 N–H and O–H groups in total. The van der Waals surface area contributed by atoms with Crippen molar-refractivity contribution in [3.05, 3.63) is 94.8 Å². The van der Waals surface area contributed by atoms with Gasteiger partial charge in [0.05, 0.1) is 29.7 Å². The summed E-state index contributed by atoms with van der Waals surface area (Å²) in [6.45, 7) is 4.67. The molecule has 1 saturated heterocycles. The lowest BCUT2D eigenvalue weighted by Gasteiger charge is -2.38. The number of nitrogens with zero attached hydrogens (tertiary/aromatic N) is 5. The van der Waals surface area contributed by atoms with Gasteiger partial charge in [0.15, 0.2) is 5.82 Å². The highest BCUT2D eigenvalue weighted by atomic mass is 19.1. The quantitative estimate of drug-likeness (QED) is 0.402. The zero-order valence-corrected chi connectivity index (χ0v) is 22.2. The fourth-order valence-corrected chi connectivity index (χ4v) is 4.84. The van der Waals surface area contributed by atoms with Gasteiger partial charge in [-0.15, -0.1) is 0 Å². The lowest BCUT2D eigenvalue weighted by atomic mass is 10.1. The summed E-state index contributed by atoms with van der Waals surface area (Å²) in [5.41, 5.74) is 1.29. The summed E-state index contributed by atoms with van der Waals surface area (Å²) < 4.78 is 20.7. The Labute approximate surface area is 226 Å². The minimum absolute atomic E-state index is 0.189. The number of amides is 2. The van der Waals surface area contributed by atoms with Gasteiger partial charge in [-0.2, -0.15) is 0 Å². The highest BCUT2D eigenvalue weighted by Crippen LogP contribution is 2.34. The standard InChI is InChI=1S/C29H31FN6O3/c1-20(27-32-24-9-5-4-8-23(24)28(37)36(27)34-18-16-33(2)17-19-34)35(25-10-6-7-11-26(25)39-3)29(38)31-22-14-12-21(30)13-15-22/h4-15,20H,16-19H2,1-3H3,(H,31,38). The average Bonchev–Trinajstić information content (AvgIpc) is 2.95. The van der Waals surface area contributed by atoms with E-state index in [4.69, 9.17) is 9.72 Å². The molecule has 1 aliphatic heterocycles. The summed E-state index contributed by atoms with van der Waals surface area (Å²) in [7, 11) is 3.58. The van der Waals surface area contributed by atoms with Crippen molar-refractivity contribution >= 4 is 28.3 Å². The number of piperazine rings is 1. The van der Waals surface area contributed by atoms with Gasteiger partial charge in [0, 0.05) is 31.9 Å². The molecular weight excluding hydrogens is 499 g/mol. The van der Waals surface area contributed by atoms with E-state index in [2.05, 4.69) is 10.2 Å². The van der Waals surface area contributed by atoms with Crippen LogP contribution in [0, 0.1) is 5.82 Å². The molecule has 2 heterocycles. The maximum Gasteiger partial charge on any atom is 0.327 e. The van der Waals surface area contributed by atoms with Crippen LogP contribution in [0.5, 0.6) is 5.75 Å². The number of hydrogen-bond donors (Lipinski definition) is 1. The first-order chi connectivity index (χ1) is 18.9. The third kappa shape index (κ3) is 5.28. The molecular formula is C29H31FN6O3. The smallest absolute Gasteiger partial charge is 0.327 e. The number of methoxy groups -OCH3 is 1. The molecule has 1 unspecified atom stereocenters. The number of fused-ring (bicyclic) bond motifs is 1. The van der Waals surface area contributed by atoms with Crippen molar-refractivity contribution in [1.29, 1.82) is 0 Å². The third-order valence-corrected chi connectivity index (χ3v) is 6.96. The van der Waals surface area contributed by atoms with Gasteiger partial charge in [-0.1, -0.05) is 24.3 Å². The number of likely N-dealkylation sites (N-methyl/N-ethyl adjacent to an activating group) is 1. The predicted molar refractivity (Wildman–Crippen MR) is 151 cm³/mol. The fraction of sp³-hybridized carbons (Fsp3) is 0.276. The third-order valence-electron chi connectivity index (χ3n) is 6.96. The second kappa shape index (κ2) is 11.1. The summed E-state index contributed by atoms with van der Waals surface area (Å²) in [6, 6.07) is 18.8. The molecule has 9 nitrogen and oxygen atoms in total. The Morgan fingerprint density at radius 1 is 1.00 bits per heavy atom. The molecule has 0 saturated carbocycles. The van der Waals surface area contributed by atoms with Gasteiger partial charge in [0.25, 0.3) is 5.56 Å². The normalized spacial score (nSPS) is 14.7. The van der Waals surface area contributed by atoms with E-state index in [9.17, 15) is 14.0 Å². The monoisotopic (exact) mass is 530 g/mol. The van der Waals surface area contributed by atoms with E-state index < -0.39 is 17.9 Å². The molecule has 4 aromatic rings. The highest BCUT2D eigenvalue weighted by molar-refractivity contribution is 6.03. The topological polar surface area (TPSA) is 82.9 Å². The van der Waals surface area contributed by atoms with Crippen LogP contribution < -0.4 is 25.5 Å². The first kappa shape index (κ1) is 26.2. The van der Waals surface area contributed by atoms with E-state index in [1.54, 1.807) is 28.9 Å². The molecule has 0 bridgehead atoms. The van der Waals surface area contributed by atoms with E-state index in [1.165, 1.54) is 36.3 Å². The maximum atomic E-state index is 13.9. The molecule has 5 rings (SSSR count). The van der Waals surface area contributed by atoms with Crippen molar-refractivity contribution in [3.63, 3.8) is 0 Å². The molecule has 1 fully saturated rings. The average molecular weight is 531 g/mol. The number of benzene rings is 3. The van der Waals surface area contributed by atoms with Crippen LogP contribution in [0.2, 0.25) is 0 Å². The summed E-state index contributed by atoms with van der Waals surface area (Å²) in [5, 5.41) is 5.35. The molecule has 10 heteroatoms. The summed E-state index contributed by atoms with van der Waals surface area (Å²) in [5.74, 6) is 0.496. The number of carbonyl (C=O) groups excluding carboxylic acids is 1. The van der Waals surface area contributed by atoms with Crippen molar-refractivity contribution in [2.24, 2.45) is 0 Å². The van der Waals surface area contributed by atoms with Gasteiger partial charge in [-0.25, -0.2) is 18.8 Å². The minimum atomic E-state index is -0.696. The van der Waals surface area contributed by atoms with Crippen LogP contribution in [0.1, 0.15) is 18.8 Å². The number of urea groups is 1. The number of aromatic nitrogens is 2. The van der Waals surface area contributed by atoms with Gasteiger partial charge in [-0.05, 0) is 62.5 Å². The Morgan fingerprint density at radius 2 is 1.67 bits per heavy atom. The number of hydrogen-bond acceptors (Lipinski definition) is 6. The van der Waals surface area contributed by atoms with Crippen LogP contribution in [0.4, 0.5) is 20.6 Å². The minimum Gasteiger partial charge on any atom is -0.495 e. The van der Waals surface area contributed by atoms with Crippen molar-refractivity contribution in [2.75, 3.05) is 55.6 Å². The SMILES string of the molecule is COc1ccccc1N(C(=O)Nc1ccc(F)cc1)C(C)c1nc2ccccc2c(=O)n1N1CCN(C)CC1. The van der Waals surface area contributed by atoms with Gasteiger partial charge < -0.3 is 20.0 Å². The first-order valence-corrected chi connectivity index (χ1v) is 12.8. The summed E-state index contributed by atoms with van der Waals surface area (Å²) in [6.07, 6.45) is 0. The number of anilines is 2. The van der Waals surface area contributed by atoms with Crippen LogP contribution in [0.3, 0.4) is 0 Å². The Balaban J connectivity index is 1.66. The van der Waals surface area contributed by atoms with E-state index in [1.807, 2.05) is 43.2 Å². The first-order valence-electron chi connectivity index (χ1n) is 12.8. The van der Waals surface area contributed by atoms with Crippen LogP contribution in [0.15, 0.2) is 77.6 Å². The number of ether oxygens (including phenoxy) is 1. The van der Waals surface area contributed by atoms with E-state index in [-0.39, 0.29) is 5.56 Å². The molecule has 3 aromatic carbocycles. The lowest BCUT2D eigenvalue weighted by Crippen LogP contribution is -2.55. The van der Waals surface area contributed by atoms with Crippen molar-refractivity contribution in [2.45, 2.75) is 13.0 Å². The second-order valence-electron chi connectivity index (χ2n) is 9.52.